The molecule has 3 rings (SSSR count). The van der Waals surface area contributed by atoms with Gasteiger partial charge in [0.2, 0.25) is 0 Å². The maximum Gasteiger partial charge on any atom is 0.337 e. The Morgan fingerprint density at radius 1 is 1.21 bits per heavy atom. The van der Waals surface area contributed by atoms with Crippen LogP contribution in [0.15, 0.2) is 52.7 Å². The molecule has 10 heteroatoms. The highest BCUT2D eigenvalue weighted by molar-refractivity contribution is 6.33. The molecule has 1 heterocycles. The fourth-order valence-corrected chi connectivity index (χ4v) is 2.81. The van der Waals surface area contributed by atoms with Gasteiger partial charge in [0.15, 0.2) is 0 Å². The zero-order valence-corrected chi connectivity index (χ0v) is 15.6. The van der Waals surface area contributed by atoms with Crippen LogP contribution in [0, 0.1) is 24.0 Å². The molecule has 0 saturated carbocycles. The van der Waals surface area contributed by atoms with Crippen molar-refractivity contribution in [1.29, 1.82) is 0 Å². The van der Waals surface area contributed by atoms with Crippen LogP contribution in [0.4, 0.5) is 17.1 Å². The Hall–Kier alpha value is -3.59. The molecular weight excluding hydrogens is 386 g/mol. The number of aromatic carboxylic acids is 1. The van der Waals surface area contributed by atoms with Crippen LogP contribution in [0.1, 0.15) is 21.7 Å². The molecule has 0 aliphatic carbocycles. The monoisotopic (exact) mass is 399 g/mol. The summed E-state index contributed by atoms with van der Waals surface area (Å²) in [4.78, 5) is 21.7. The molecule has 2 aromatic carbocycles. The van der Waals surface area contributed by atoms with Crippen LogP contribution in [-0.4, -0.2) is 25.8 Å². The summed E-state index contributed by atoms with van der Waals surface area (Å²) in [6.07, 6.45) is 0. The van der Waals surface area contributed by atoms with E-state index in [1.54, 1.807) is 30.7 Å². The quantitative estimate of drug-likeness (QED) is 0.360. The maximum absolute atomic E-state index is 11.3. The first-order valence-corrected chi connectivity index (χ1v) is 8.41. The van der Waals surface area contributed by atoms with E-state index in [2.05, 4.69) is 15.3 Å². The molecule has 9 nitrogen and oxygen atoms in total. The number of aryl methyl sites for hydroxylation is 1. The summed E-state index contributed by atoms with van der Waals surface area (Å²) in [5, 5.41) is 32.9. The van der Waals surface area contributed by atoms with E-state index in [1.165, 1.54) is 30.3 Å². The van der Waals surface area contributed by atoms with Gasteiger partial charge in [-0.3, -0.25) is 10.1 Å². The van der Waals surface area contributed by atoms with Gasteiger partial charge in [-0.2, -0.15) is 10.2 Å². The number of carboxylic acids is 1. The number of rotatable bonds is 5. The summed E-state index contributed by atoms with van der Waals surface area (Å²) in [6, 6.07) is 10.4. The van der Waals surface area contributed by atoms with Crippen molar-refractivity contribution >= 4 is 34.6 Å². The van der Waals surface area contributed by atoms with Gasteiger partial charge in [-0.1, -0.05) is 17.7 Å². The van der Waals surface area contributed by atoms with Crippen LogP contribution in [0.3, 0.4) is 0 Å². The van der Waals surface area contributed by atoms with Crippen molar-refractivity contribution in [3.8, 4) is 5.69 Å². The molecular formula is C18H14ClN5O4. The van der Waals surface area contributed by atoms with E-state index < -0.39 is 10.9 Å². The van der Waals surface area contributed by atoms with E-state index in [1.807, 2.05) is 0 Å². The zero-order valence-electron chi connectivity index (χ0n) is 14.8. The van der Waals surface area contributed by atoms with Gasteiger partial charge < -0.3 is 5.11 Å². The van der Waals surface area contributed by atoms with Crippen molar-refractivity contribution < 1.29 is 14.8 Å². The minimum Gasteiger partial charge on any atom is -0.478 e. The lowest BCUT2D eigenvalue weighted by Gasteiger charge is -2.06. The number of carboxylic acid groups (broad SMARTS) is 1. The predicted octanol–water partition coefficient (Wildman–Crippen LogP) is 5.16. The highest BCUT2D eigenvalue weighted by atomic mass is 35.5. The zero-order chi connectivity index (χ0) is 20.4. The molecule has 0 fully saturated rings. The number of benzene rings is 2. The number of nitro benzene ring substituents is 1. The molecule has 1 aromatic heterocycles. The lowest BCUT2D eigenvalue weighted by atomic mass is 10.2. The van der Waals surface area contributed by atoms with Gasteiger partial charge >= 0.3 is 5.97 Å². The first-order valence-electron chi connectivity index (χ1n) is 8.03. The second-order valence-corrected chi connectivity index (χ2v) is 6.28. The topological polar surface area (TPSA) is 123 Å². The van der Waals surface area contributed by atoms with Gasteiger partial charge in [-0.15, -0.1) is 5.11 Å². The summed E-state index contributed by atoms with van der Waals surface area (Å²) < 4.78 is 1.54. The van der Waals surface area contributed by atoms with Gasteiger partial charge in [0.25, 0.3) is 5.69 Å². The van der Waals surface area contributed by atoms with Crippen LogP contribution in [0.5, 0.6) is 0 Å². The average Bonchev–Trinajstić information content (AvgIpc) is 2.94. The normalized spacial score (nSPS) is 11.1. The summed E-state index contributed by atoms with van der Waals surface area (Å²) >= 11 is 5.92. The van der Waals surface area contributed by atoms with E-state index in [0.717, 1.165) is 0 Å². The smallest absolute Gasteiger partial charge is 0.337 e. The highest BCUT2D eigenvalue weighted by Gasteiger charge is 2.16. The molecule has 0 aliphatic heterocycles. The van der Waals surface area contributed by atoms with Gasteiger partial charge in [-0.25, -0.2) is 9.48 Å². The van der Waals surface area contributed by atoms with E-state index >= 15 is 0 Å². The van der Waals surface area contributed by atoms with Crippen molar-refractivity contribution in [2.75, 3.05) is 0 Å². The lowest BCUT2D eigenvalue weighted by molar-refractivity contribution is -0.384. The van der Waals surface area contributed by atoms with Crippen LogP contribution >= 0.6 is 11.6 Å². The van der Waals surface area contributed by atoms with Crippen LogP contribution < -0.4 is 0 Å². The molecule has 28 heavy (non-hydrogen) atoms. The number of non-ortho nitro benzene ring substituents is 1. The molecule has 3 aromatic rings. The highest BCUT2D eigenvalue weighted by Crippen LogP contribution is 2.29. The van der Waals surface area contributed by atoms with Gasteiger partial charge in [0, 0.05) is 12.1 Å². The number of hydrogen-bond donors (Lipinski definition) is 1. The summed E-state index contributed by atoms with van der Waals surface area (Å²) in [5.74, 6) is -1.14. The standard InChI is InChI=1S/C18H14ClN5O4/c1-10-17(21-20-12-4-3-5-14(8-12)24(27)28)11(2)23(22-10)13-6-7-16(19)15(9-13)18(25)26/h3-9H,1-2H3,(H,25,26). The number of azo groups is 1. The van der Waals surface area contributed by atoms with Crippen LogP contribution in [-0.2, 0) is 0 Å². The number of aromatic nitrogens is 2. The summed E-state index contributed by atoms with van der Waals surface area (Å²) in [7, 11) is 0. The third kappa shape index (κ3) is 3.74. The van der Waals surface area contributed by atoms with Crippen molar-refractivity contribution in [2.45, 2.75) is 13.8 Å². The first kappa shape index (κ1) is 19.2. The number of nitro groups is 1. The van der Waals surface area contributed by atoms with Crippen molar-refractivity contribution in [3.05, 3.63) is 74.6 Å². The van der Waals surface area contributed by atoms with Crippen LogP contribution in [0.2, 0.25) is 5.02 Å². The average molecular weight is 400 g/mol. The molecule has 142 valence electrons. The van der Waals surface area contributed by atoms with E-state index in [-0.39, 0.29) is 16.3 Å². The largest absolute Gasteiger partial charge is 0.478 e. The molecule has 0 amide bonds. The number of carbonyl (C=O) groups is 1. The fraction of sp³-hybridized carbons (Fsp3) is 0.111. The predicted molar refractivity (Wildman–Crippen MR) is 102 cm³/mol. The SMILES string of the molecule is Cc1nn(-c2ccc(Cl)c(C(=O)O)c2)c(C)c1N=Nc1cccc([N+](=O)[O-])c1. The van der Waals surface area contributed by atoms with Crippen molar-refractivity contribution in [2.24, 2.45) is 10.2 Å². The minimum absolute atomic E-state index is 0.0357. The molecule has 0 unspecified atom stereocenters. The second kappa shape index (κ2) is 7.57. The van der Waals surface area contributed by atoms with Crippen LogP contribution in [0.25, 0.3) is 5.69 Å². The van der Waals surface area contributed by atoms with Gasteiger partial charge in [0.1, 0.15) is 5.69 Å². The number of halogens is 1. The second-order valence-electron chi connectivity index (χ2n) is 5.88. The lowest BCUT2D eigenvalue weighted by Crippen LogP contribution is -2.03. The van der Waals surface area contributed by atoms with Crippen molar-refractivity contribution in [3.63, 3.8) is 0 Å². The molecule has 0 radical (unpaired) electrons. The Morgan fingerprint density at radius 2 is 1.96 bits per heavy atom. The number of nitrogens with zero attached hydrogens (tertiary/aromatic N) is 5. The molecule has 0 saturated heterocycles. The number of hydrogen-bond acceptors (Lipinski definition) is 6. The first-order chi connectivity index (χ1) is 13.3. The Labute approximate surface area is 164 Å². The third-order valence-corrected chi connectivity index (χ3v) is 4.31. The Kier molecular flexibility index (Phi) is 5.18. The minimum atomic E-state index is -1.14. The molecule has 0 atom stereocenters. The van der Waals surface area contributed by atoms with E-state index in [9.17, 15) is 20.0 Å². The Bertz CT molecular complexity index is 1120. The summed E-state index contributed by atoms with van der Waals surface area (Å²) in [5.41, 5.74) is 2.41. The summed E-state index contributed by atoms with van der Waals surface area (Å²) in [6.45, 7) is 3.50. The Balaban J connectivity index is 1.99. The molecule has 1 N–H and O–H groups in total. The maximum atomic E-state index is 11.3. The third-order valence-electron chi connectivity index (χ3n) is 3.98. The van der Waals surface area contributed by atoms with E-state index in [0.29, 0.717) is 28.5 Å². The molecule has 0 aliphatic rings. The van der Waals surface area contributed by atoms with E-state index in [4.69, 9.17) is 11.6 Å². The molecule has 0 spiro atoms. The van der Waals surface area contributed by atoms with Crippen molar-refractivity contribution in [1.82, 2.24) is 9.78 Å². The molecule has 0 bridgehead atoms. The Morgan fingerprint density at radius 3 is 2.64 bits per heavy atom. The van der Waals surface area contributed by atoms with Gasteiger partial charge in [0.05, 0.1) is 38.3 Å². The van der Waals surface area contributed by atoms with Gasteiger partial charge in [-0.05, 0) is 38.1 Å². The fourth-order valence-electron chi connectivity index (χ4n) is 2.62.